The van der Waals surface area contributed by atoms with Crippen LogP contribution in [0, 0.1) is 5.82 Å². The van der Waals surface area contributed by atoms with Gasteiger partial charge in [-0.15, -0.1) is 0 Å². The number of nitrogens with one attached hydrogen (secondary N) is 1. The van der Waals surface area contributed by atoms with Crippen molar-refractivity contribution in [2.75, 3.05) is 11.4 Å². The lowest BCUT2D eigenvalue weighted by atomic mass is 9.94. The normalized spacial score (nSPS) is 19.9. The summed E-state index contributed by atoms with van der Waals surface area (Å²) in [6.45, 7) is 0.789. The maximum absolute atomic E-state index is 14.7. The van der Waals surface area contributed by atoms with E-state index in [0.29, 0.717) is 17.0 Å². The highest BCUT2D eigenvalue weighted by Gasteiger charge is 2.35. The van der Waals surface area contributed by atoms with Gasteiger partial charge < -0.3 is 9.88 Å². The lowest BCUT2D eigenvalue weighted by Crippen LogP contribution is -2.35. The van der Waals surface area contributed by atoms with Crippen LogP contribution in [-0.4, -0.2) is 36.0 Å². The molecule has 2 fully saturated rings. The number of hydrogen-bond acceptors (Lipinski definition) is 6. The lowest BCUT2D eigenvalue weighted by Gasteiger charge is -2.32. The number of nitrogens with zero attached hydrogens (tertiary/aromatic N) is 6. The van der Waals surface area contributed by atoms with Crippen LogP contribution in [0.15, 0.2) is 35.6 Å². The number of aromatic nitrogens is 6. The summed E-state index contributed by atoms with van der Waals surface area (Å²) < 4.78 is 16.5. The fourth-order valence-corrected chi connectivity index (χ4v) is 5.41. The van der Waals surface area contributed by atoms with E-state index in [4.69, 9.17) is 4.98 Å². The molecule has 3 aromatic heterocycles. The van der Waals surface area contributed by atoms with Crippen LogP contribution in [0.4, 0.5) is 10.2 Å². The summed E-state index contributed by atoms with van der Waals surface area (Å²) in [6, 6.07) is 4.60. The van der Waals surface area contributed by atoms with Crippen molar-refractivity contribution < 1.29 is 4.39 Å². The third-order valence-electron chi connectivity index (χ3n) is 6.87. The second kappa shape index (κ2) is 7.65. The van der Waals surface area contributed by atoms with E-state index in [1.54, 1.807) is 23.0 Å². The molecule has 0 amide bonds. The first-order valence-corrected chi connectivity index (χ1v) is 11.3. The van der Waals surface area contributed by atoms with Crippen molar-refractivity contribution in [3.8, 4) is 0 Å². The highest BCUT2D eigenvalue weighted by Crippen LogP contribution is 2.39. The van der Waals surface area contributed by atoms with Crippen LogP contribution in [0.25, 0.3) is 22.1 Å². The van der Waals surface area contributed by atoms with Crippen molar-refractivity contribution in [3.63, 3.8) is 0 Å². The van der Waals surface area contributed by atoms with Crippen LogP contribution in [-0.2, 0) is 0 Å². The molecule has 4 heterocycles. The van der Waals surface area contributed by atoms with Gasteiger partial charge in [-0.2, -0.15) is 0 Å². The SMILES string of the molecule is O=c1c2c(F)cccc2nc([C@@H]2CCCN2c2ncnc3nc[nH]c23)n1C1CCCCC1. The van der Waals surface area contributed by atoms with E-state index in [9.17, 15) is 9.18 Å². The molecular weight excluding hydrogens is 409 g/mol. The predicted molar refractivity (Wildman–Crippen MR) is 119 cm³/mol. The third kappa shape index (κ3) is 2.98. The van der Waals surface area contributed by atoms with E-state index < -0.39 is 5.82 Å². The Hall–Kier alpha value is -3.36. The second-order valence-corrected chi connectivity index (χ2v) is 8.72. The number of hydrogen-bond donors (Lipinski definition) is 1. The molecule has 1 saturated heterocycles. The fraction of sp³-hybridized carbons (Fsp3) is 0.435. The Bertz CT molecular complexity index is 1360. The van der Waals surface area contributed by atoms with Crippen molar-refractivity contribution in [1.29, 1.82) is 0 Å². The van der Waals surface area contributed by atoms with Crippen LogP contribution in [0.5, 0.6) is 0 Å². The monoisotopic (exact) mass is 433 g/mol. The van der Waals surface area contributed by atoms with Crippen molar-refractivity contribution in [1.82, 2.24) is 29.5 Å². The summed E-state index contributed by atoms with van der Waals surface area (Å²) >= 11 is 0. The molecule has 32 heavy (non-hydrogen) atoms. The number of imidazole rings is 1. The molecule has 1 N–H and O–H groups in total. The average molecular weight is 433 g/mol. The molecule has 9 heteroatoms. The molecule has 8 nitrogen and oxygen atoms in total. The van der Waals surface area contributed by atoms with E-state index in [1.165, 1.54) is 18.8 Å². The number of halogens is 1. The smallest absolute Gasteiger partial charge is 0.264 e. The zero-order valence-corrected chi connectivity index (χ0v) is 17.7. The summed E-state index contributed by atoms with van der Waals surface area (Å²) in [4.78, 5) is 36.9. The first-order valence-electron chi connectivity index (χ1n) is 11.3. The summed E-state index contributed by atoms with van der Waals surface area (Å²) in [7, 11) is 0. The van der Waals surface area contributed by atoms with Gasteiger partial charge in [-0.25, -0.2) is 24.3 Å². The van der Waals surface area contributed by atoms with Gasteiger partial charge in [-0.1, -0.05) is 25.3 Å². The molecule has 6 rings (SSSR count). The standard InChI is InChI=1S/C23H24FN7O/c24-15-8-4-9-16-18(15)23(32)31(14-6-2-1-3-7-14)21(29-16)17-10-5-11-30(17)22-19-20(26-12-25-19)27-13-28-22/h4,8-9,12-14,17H,1-3,5-7,10-11H2,(H,25,26,27,28)/t17-/m0/s1. The summed E-state index contributed by atoms with van der Waals surface area (Å²) in [5, 5.41) is 0.0874. The fourth-order valence-electron chi connectivity index (χ4n) is 5.41. The Balaban J connectivity index is 1.56. The largest absolute Gasteiger partial charge is 0.345 e. The van der Waals surface area contributed by atoms with E-state index in [0.717, 1.165) is 56.4 Å². The van der Waals surface area contributed by atoms with Crippen LogP contribution >= 0.6 is 0 Å². The molecule has 0 radical (unpaired) electrons. The molecule has 0 spiro atoms. The molecule has 1 saturated carbocycles. The second-order valence-electron chi connectivity index (χ2n) is 8.72. The third-order valence-corrected chi connectivity index (χ3v) is 6.87. The van der Waals surface area contributed by atoms with Gasteiger partial charge in [0.2, 0.25) is 0 Å². The number of aromatic amines is 1. The van der Waals surface area contributed by atoms with Crippen LogP contribution in [0.3, 0.4) is 0 Å². The minimum Gasteiger partial charge on any atom is -0.345 e. The van der Waals surface area contributed by atoms with E-state index in [2.05, 4.69) is 24.8 Å². The Morgan fingerprint density at radius 1 is 1.03 bits per heavy atom. The van der Waals surface area contributed by atoms with Gasteiger partial charge >= 0.3 is 0 Å². The Labute approximate surface area is 183 Å². The lowest BCUT2D eigenvalue weighted by molar-refractivity contribution is 0.330. The topological polar surface area (TPSA) is 92.6 Å². The van der Waals surface area contributed by atoms with Gasteiger partial charge in [0.1, 0.15) is 28.9 Å². The molecule has 4 aromatic rings. The first kappa shape index (κ1) is 19.3. The first-order chi connectivity index (χ1) is 15.7. The van der Waals surface area contributed by atoms with E-state index in [-0.39, 0.29) is 23.0 Å². The van der Waals surface area contributed by atoms with Gasteiger partial charge in [-0.3, -0.25) is 9.36 Å². The van der Waals surface area contributed by atoms with Crippen LogP contribution in [0.1, 0.15) is 62.9 Å². The maximum atomic E-state index is 14.7. The molecule has 0 unspecified atom stereocenters. The van der Waals surface area contributed by atoms with Crippen molar-refractivity contribution >= 4 is 27.9 Å². The molecule has 1 aromatic carbocycles. The zero-order chi connectivity index (χ0) is 21.7. The molecule has 164 valence electrons. The summed E-state index contributed by atoms with van der Waals surface area (Å²) in [5.74, 6) is 0.969. The predicted octanol–water partition coefficient (Wildman–Crippen LogP) is 4.05. The zero-order valence-electron chi connectivity index (χ0n) is 17.7. The minimum absolute atomic E-state index is 0.0442. The summed E-state index contributed by atoms with van der Waals surface area (Å²) in [5.41, 5.74) is 1.53. The van der Waals surface area contributed by atoms with Gasteiger partial charge in [0.15, 0.2) is 11.5 Å². The maximum Gasteiger partial charge on any atom is 0.264 e. The number of fused-ring (bicyclic) bond motifs is 2. The van der Waals surface area contributed by atoms with Gasteiger partial charge in [0.05, 0.1) is 17.9 Å². The van der Waals surface area contributed by atoms with Crippen LogP contribution in [0.2, 0.25) is 0 Å². The molecule has 1 atom stereocenters. The Morgan fingerprint density at radius 2 is 1.91 bits per heavy atom. The van der Waals surface area contributed by atoms with Crippen molar-refractivity contribution in [2.45, 2.75) is 57.0 Å². The molecule has 0 bridgehead atoms. The Morgan fingerprint density at radius 3 is 2.78 bits per heavy atom. The number of benzene rings is 1. The van der Waals surface area contributed by atoms with Crippen molar-refractivity contribution in [2.24, 2.45) is 0 Å². The number of anilines is 1. The molecular formula is C23H24FN7O. The van der Waals surface area contributed by atoms with Gasteiger partial charge in [0.25, 0.3) is 5.56 Å². The number of rotatable bonds is 3. The quantitative estimate of drug-likeness (QED) is 0.524. The molecule has 2 aliphatic rings. The van der Waals surface area contributed by atoms with Crippen LogP contribution < -0.4 is 10.5 Å². The minimum atomic E-state index is -0.505. The van der Waals surface area contributed by atoms with E-state index in [1.807, 2.05) is 0 Å². The summed E-state index contributed by atoms with van der Waals surface area (Å²) in [6.07, 6.45) is 10.1. The highest BCUT2D eigenvalue weighted by molar-refractivity contribution is 5.83. The Kier molecular flexibility index (Phi) is 4.62. The van der Waals surface area contributed by atoms with E-state index >= 15 is 0 Å². The average Bonchev–Trinajstić information content (AvgIpc) is 3.49. The molecule has 1 aliphatic carbocycles. The number of H-pyrrole nitrogens is 1. The highest BCUT2D eigenvalue weighted by atomic mass is 19.1. The van der Waals surface area contributed by atoms with Crippen molar-refractivity contribution in [3.05, 3.63) is 52.8 Å². The van der Waals surface area contributed by atoms with Gasteiger partial charge in [-0.05, 0) is 37.8 Å². The van der Waals surface area contributed by atoms with Gasteiger partial charge in [0, 0.05) is 12.6 Å². The molecule has 1 aliphatic heterocycles.